The Morgan fingerprint density at radius 1 is 1.24 bits per heavy atom. The van der Waals surface area contributed by atoms with Crippen LogP contribution in [-0.4, -0.2) is 25.0 Å². The molecular weight excluding hydrogens is 212 g/mol. The second-order valence-corrected chi connectivity index (χ2v) is 6.04. The van der Waals surface area contributed by atoms with Gasteiger partial charge in [-0.25, -0.2) is 0 Å². The van der Waals surface area contributed by atoms with Crippen LogP contribution in [-0.2, 0) is 4.79 Å². The maximum atomic E-state index is 11.6. The maximum Gasteiger partial charge on any atom is 0.233 e. The molecule has 0 aromatic rings. The molecule has 0 spiro atoms. The summed E-state index contributed by atoms with van der Waals surface area (Å²) in [6.45, 7) is 10.1. The quantitative estimate of drug-likeness (QED) is 0.773. The van der Waals surface area contributed by atoms with E-state index in [4.69, 9.17) is 0 Å². The van der Waals surface area contributed by atoms with Gasteiger partial charge in [0.25, 0.3) is 0 Å². The molecule has 3 unspecified atom stereocenters. The van der Waals surface area contributed by atoms with Gasteiger partial charge < -0.3 is 10.6 Å². The summed E-state index contributed by atoms with van der Waals surface area (Å²) in [5.41, 5.74) is 0. The minimum absolute atomic E-state index is 0.130. The molecule has 0 aromatic carbocycles. The standard InChI is InChI=1S/C14H28N2O/c1-10(2)8-16-14(17)9-15-13-6-5-11(3)12(4)7-13/h10-13,15H,5-9H2,1-4H3,(H,16,17). The zero-order valence-electron chi connectivity index (χ0n) is 11.8. The van der Waals surface area contributed by atoms with Crippen molar-refractivity contribution in [1.29, 1.82) is 0 Å². The molecule has 1 rings (SSSR count). The molecular formula is C14H28N2O. The van der Waals surface area contributed by atoms with E-state index in [-0.39, 0.29) is 5.91 Å². The third-order valence-electron chi connectivity index (χ3n) is 3.86. The Morgan fingerprint density at radius 2 is 1.94 bits per heavy atom. The van der Waals surface area contributed by atoms with Crippen LogP contribution in [0.2, 0.25) is 0 Å². The summed E-state index contributed by atoms with van der Waals surface area (Å²) in [5.74, 6) is 2.27. The number of amides is 1. The summed E-state index contributed by atoms with van der Waals surface area (Å²) in [5, 5.41) is 6.32. The lowest BCUT2D eigenvalue weighted by molar-refractivity contribution is -0.120. The van der Waals surface area contributed by atoms with Gasteiger partial charge in [-0.2, -0.15) is 0 Å². The molecule has 1 amide bonds. The Hall–Kier alpha value is -0.570. The molecule has 1 fully saturated rings. The Bertz CT molecular complexity index is 240. The third-order valence-corrected chi connectivity index (χ3v) is 3.86. The molecule has 3 atom stereocenters. The fourth-order valence-electron chi connectivity index (χ4n) is 2.35. The number of rotatable bonds is 5. The van der Waals surface area contributed by atoms with Gasteiger partial charge in [-0.3, -0.25) is 4.79 Å². The van der Waals surface area contributed by atoms with E-state index >= 15 is 0 Å². The monoisotopic (exact) mass is 240 g/mol. The highest BCUT2D eigenvalue weighted by Crippen LogP contribution is 2.29. The molecule has 0 aromatic heterocycles. The van der Waals surface area contributed by atoms with Crippen molar-refractivity contribution < 1.29 is 4.79 Å². The third kappa shape index (κ3) is 5.53. The van der Waals surface area contributed by atoms with Crippen LogP contribution in [0.4, 0.5) is 0 Å². The molecule has 0 radical (unpaired) electrons. The molecule has 100 valence electrons. The van der Waals surface area contributed by atoms with E-state index in [9.17, 15) is 4.79 Å². The Balaban J connectivity index is 2.16. The lowest BCUT2D eigenvalue weighted by atomic mass is 9.79. The van der Waals surface area contributed by atoms with E-state index < -0.39 is 0 Å². The molecule has 3 nitrogen and oxygen atoms in total. The summed E-state index contributed by atoms with van der Waals surface area (Å²) in [6, 6.07) is 0.533. The summed E-state index contributed by atoms with van der Waals surface area (Å²) in [7, 11) is 0. The SMILES string of the molecule is CC(C)CNC(=O)CNC1CCC(C)C(C)C1. The normalized spacial score (nSPS) is 29.4. The minimum Gasteiger partial charge on any atom is -0.355 e. The number of carbonyl (C=O) groups is 1. The second-order valence-electron chi connectivity index (χ2n) is 6.04. The first-order chi connectivity index (χ1) is 7.99. The molecule has 0 heterocycles. The maximum absolute atomic E-state index is 11.6. The summed E-state index contributed by atoms with van der Waals surface area (Å²) in [6.07, 6.45) is 3.70. The molecule has 0 bridgehead atoms. The number of hydrogen-bond donors (Lipinski definition) is 2. The van der Waals surface area contributed by atoms with Crippen LogP contribution in [0.1, 0.15) is 47.0 Å². The zero-order chi connectivity index (χ0) is 12.8. The molecule has 1 aliphatic rings. The molecule has 0 saturated heterocycles. The van der Waals surface area contributed by atoms with Crippen molar-refractivity contribution in [2.75, 3.05) is 13.1 Å². The molecule has 17 heavy (non-hydrogen) atoms. The van der Waals surface area contributed by atoms with Crippen molar-refractivity contribution in [2.24, 2.45) is 17.8 Å². The van der Waals surface area contributed by atoms with Crippen LogP contribution in [0.3, 0.4) is 0 Å². The molecule has 1 aliphatic carbocycles. The van der Waals surface area contributed by atoms with Gasteiger partial charge in [-0.1, -0.05) is 27.7 Å². The average Bonchev–Trinajstić information content (AvgIpc) is 2.28. The highest BCUT2D eigenvalue weighted by atomic mass is 16.1. The van der Waals surface area contributed by atoms with Crippen LogP contribution >= 0.6 is 0 Å². The first kappa shape index (κ1) is 14.5. The second kappa shape index (κ2) is 7.00. The number of nitrogens with one attached hydrogen (secondary N) is 2. The van der Waals surface area contributed by atoms with E-state index in [2.05, 4.69) is 38.3 Å². The topological polar surface area (TPSA) is 41.1 Å². The van der Waals surface area contributed by atoms with Crippen LogP contribution in [0, 0.1) is 17.8 Å². The molecule has 2 N–H and O–H groups in total. The van der Waals surface area contributed by atoms with E-state index in [0.717, 1.165) is 18.4 Å². The molecule has 0 aliphatic heterocycles. The zero-order valence-corrected chi connectivity index (χ0v) is 11.8. The van der Waals surface area contributed by atoms with E-state index in [1.807, 2.05) is 0 Å². The first-order valence-electron chi connectivity index (χ1n) is 6.99. The smallest absolute Gasteiger partial charge is 0.233 e. The van der Waals surface area contributed by atoms with Gasteiger partial charge in [0.15, 0.2) is 0 Å². The average molecular weight is 240 g/mol. The highest BCUT2D eigenvalue weighted by molar-refractivity contribution is 5.77. The fourth-order valence-corrected chi connectivity index (χ4v) is 2.35. The predicted octanol–water partition coefficient (Wildman–Crippen LogP) is 2.17. The Kier molecular flexibility index (Phi) is 5.96. The minimum atomic E-state index is 0.130. The summed E-state index contributed by atoms with van der Waals surface area (Å²) in [4.78, 5) is 11.6. The lowest BCUT2D eigenvalue weighted by Gasteiger charge is -2.32. The number of carbonyl (C=O) groups excluding carboxylic acids is 1. The van der Waals surface area contributed by atoms with Gasteiger partial charge >= 0.3 is 0 Å². The van der Waals surface area contributed by atoms with E-state index in [1.54, 1.807) is 0 Å². The fraction of sp³-hybridized carbons (Fsp3) is 0.929. The Labute approximate surface area is 106 Å². The van der Waals surface area contributed by atoms with Gasteiger partial charge in [-0.05, 0) is 37.0 Å². The predicted molar refractivity (Wildman–Crippen MR) is 71.8 cm³/mol. The van der Waals surface area contributed by atoms with Crippen molar-refractivity contribution in [3.05, 3.63) is 0 Å². The van der Waals surface area contributed by atoms with Crippen molar-refractivity contribution in [2.45, 2.75) is 53.0 Å². The van der Waals surface area contributed by atoms with Crippen molar-refractivity contribution in [3.63, 3.8) is 0 Å². The van der Waals surface area contributed by atoms with Crippen molar-refractivity contribution >= 4 is 5.91 Å². The highest BCUT2D eigenvalue weighted by Gasteiger charge is 2.24. The van der Waals surface area contributed by atoms with E-state index in [0.29, 0.717) is 18.5 Å². The molecule has 3 heteroatoms. The summed E-state index contributed by atoms with van der Waals surface area (Å²) < 4.78 is 0. The first-order valence-corrected chi connectivity index (χ1v) is 6.99. The lowest BCUT2D eigenvalue weighted by Crippen LogP contribution is -2.42. The van der Waals surface area contributed by atoms with Gasteiger partial charge in [-0.15, -0.1) is 0 Å². The van der Waals surface area contributed by atoms with Crippen molar-refractivity contribution in [3.8, 4) is 0 Å². The van der Waals surface area contributed by atoms with Crippen molar-refractivity contribution in [1.82, 2.24) is 10.6 Å². The van der Waals surface area contributed by atoms with Gasteiger partial charge in [0.2, 0.25) is 5.91 Å². The Morgan fingerprint density at radius 3 is 2.53 bits per heavy atom. The van der Waals surface area contributed by atoms with Gasteiger partial charge in [0.05, 0.1) is 6.54 Å². The van der Waals surface area contributed by atoms with Crippen LogP contribution in [0.5, 0.6) is 0 Å². The molecule has 1 saturated carbocycles. The van der Waals surface area contributed by atoms with Gasteiger partial charge in [0.1, 0.15) is 0 Å². The van der Waals surface area contributed by atoms with Gasteiger partial charge in [0, 0.05) is 12.6 Å². The van der Waals surface area contributed by atoms with Crippen LogP contribution < -0.4 is 10.6 Å². The number of hydrogen-bond acceptors (Lipinski definition) is 2. The largest absolute Gasteiger partial charge is 0.355 e. The summed E-state index contributed by atoms with van der Waals surface area (Å²) >= 11 is 0. The van der Waals surface area contributed by atoms with E-state index in [1.165, 1.54) is 19.3 Å². The van der Waals surface area contributed by atoms with Crippen LogP contribution in [0.25, 0.3) is 0 Å². The van der Waals surface area contributed by atoms with Crippen LogP contribution in [0.15, 0.2) is 0 Å².